The van der Waals surface area contributed by atoms with Crippen LogP contribution >= 0.6 is 11.3 Å². The highest BCUT2D eigenvalue weighted by atomic mass is 32.1. The molecule has 2 aliphatic rings. The normalized spacial score (nSPS) is 15.3. The molecule has 0 spiro atoms. The molecule has 0 bridgehead atoms. The maximum Gasteiger partial charge on any atom is 0.341 e. The Hall–Kier alpha value is -2.54. The highest BCUT2D eigenvalue weighted by molar-refractivity contribution is 7.17. The predicted octanol–water partition coefficient (Wildman–Crippen LogP) is 4.54. The Morgan fingerprint density at radius 2 is 2.11 bits per heavy atom. The molecule has 4 rings (SSSR count). The van der Waals surface area contributed by atoms with Crippen LogP contribution in [0.1, 0.15) is 46.1 Å². The number of urea groups is 1. The van der Waals surface area contributed by atoms with Gasteiger partial charge in [-0.05, 0) is 62.8 Å². The number of carbonyl (C=O) groups is 2. The fourth-order valence-electron chi connectivity index (χ4n) is 3.78. The number of esters is 1. The number of thiophene rings is 1. The zero-order valence-electron chi connectivity index (χ0n) is 16.2. The largest absolute Gasteiger partial charge is 0.490 e. The van der Waals surface area contributed by atoms with Crippen LogP contribution in [0.25, 0.3) is 0 Å². The smallest absolute Gasteiger partial charge is 0.341 e. The molecule has 1 N–H and O–H groups in total. The monoisotopic (exact) mass is 400 g/mol. The Morgan fingerprint density at radius 3 is 2.93 bits per heavy atom. The van der Waals surface area contributed by atoms with Gasteiger partial charge in [0.15, 0.2) is 0 Å². The average Bonchev–Trinajstić information content (AvgIpc) is 3.05. The van der Waals surface area contributed by atoms with Crippen LogP contribution in [0, 0.1) is 6.92 Å². The summed E-state index contributed by atoms with van der Waals surface area (Å²) in [5.41, 5.74) is 3.39. The van der Waals surface area contributed by atoms with Crippen molar-refractivity contribution in [2.45, 2.75) is 39.5 Å². The van der Waals surface area contributed by atoms with Gasteiger partial charge in [0.05, 0.1) is 24.4 Å². The van der Waals surface area contributed by atoms with Crippen molar-refractivity contribution >= 4 is 34.0 Å². The Bertz CT molecular complexity index is 921. The van der Waals surface area contributed by atoms with Crippen LogP contribution in [0.15, 0.2) is 18.2 Å². The van der Waals surface area contributed by atoms with Crippen LogP contribution in [-0.2, 0) is 17.6 Å². The van der Waals surface area contributed by atoms with Gasteiger partial charge in [-0.2, -0.15) is 0 Å². The predicted molar refractivity (Wildman–Crippen MR) is 110 cm³/mol. The van der Waals surface area contributed by atoms with Gasteiger partial charge in [-0.15, -0.1) is 11.3 Å². The van der Waals surface area contributed by atoms with Crippen LogP contribution in [0.3, 0.4) is 0 Å². The highest BCUT2D eigenvalue weighted by Gasteiger charge is 2.30. The standard InChI is InChI=1S/C21H24N2O4S/c1-3-26-20(24)18-14-6-4-5-7-17(14)28-19(18)22-21(25)23-10-11-27-16-9-8-13(2)12-15(16)23/h8-9,12H,3-7,10-11H2,1-2H3,(H,22,25). The van der Waals surface area contributed by atoms with E-state index in [9.17, 15) is 9.59 Å². The van der Waals surface area contributed by atoms with E-state index in [0.29, 0.717) is 36.1 Å². The molecule has 1 aliphatic heterocycles. The Balaban J connectivity index is 1.65. The molecule has 148 valence electrons. The van der Waals surface area contributed by atoms with Gasteiger partial charge in [0.2, 0.25) is 0 Å². The van der Waals surface area contributed by atoms with Gasteiger partial charge < -0.3 is 9.47 Å². The first-order chi connectivity index (χ1) is 13.6. The number of aryl methyl sites for hydroxylation is 2. The molecular formula is C21H24N2O4S. The number of ether oxygens (including phenoxy) is 2. The summed E-state index contributed by atoms with van der Waals surface area (Å²) >= 11 is 1.50. The molecule has 6 nitrogen and oxygen atoms in total. The third-order valence-corrected chi connectivity index (χ3v) is 6.30. The number of nitrogens with zero attached hydrogens (tertiary/aromatic N) is 1. The lowest BCUT2D eigenvalue weighted by Crippen LogP contribution is -2.40. The minimum absolute atomic E-state index is 0.251. The maximum absolute atomic E-state index is 13.1. The summed E-state index contributed by atoms with van der Waals surface area (Å²) < 4.78 is 11.0. The van der Waals surface area contributed by atoms with E-state index in [1.807, 2.05) is 25.1 Å². The van der Waals surface area contributed by atoms with Crippen molar-refractivity contribution < 1.29 is 19.1 Å². The minimum Gasteiger partial charge on any atom is -0.490 e. The molecule has 1 aromatic heterocycles. The van der Waals surface area contributed by atoms with Crippen molar-refractivity contribution in [3.63, 3.8) is 0 Å². The molecule has 1 aliphatic carbocycles. The van der Waals surface area contributed by atoms with Gasteiger partial charge in [0.1, 0.15) is 17.4 Å². The number of carbonyl (C=O) groups excluding carboxylic acids is 2. The van der Waals surface area contributed by atoms with Crippen LogP contribution < -0.4 is 15.0 Å². The Labute approximate surface area is 168 Å². The number of anilines is 2. The van der Waals surface area contributed by atoms with Crippen molar-refractivity contribution in [1.82, 2.24) is 0 Å². The molecule has 0 atom stereocenters. The summed E-state index contributed by atoms with van der Waals surface area (Å²) in [7, 11) is 0. The van der Waals surface area contributed by atoms with E-state index in [-0.39, 0.29) is 12.0 Å². The molecule has 0 unspecified atom stereocenters. The first-order valence-electron chi connectivity index (χ1n) is 9.72. The number of nitrogens with one attached hydrogen (secondary N) is 1. The van der Waals surface area contributed by atoms with Gasteiger partial charge in [0, 0.05) is 4.88 Å². The first-order valence-corrected chi connectivity index (χ1v) is 10.5. The molecule has 28 heavy (non-hydrogen) atoms. The van der Waals surface area contributed by atoms with Crippen molar-refractivity contribution in [3.8, 4) is 5.75 Å². The molecule has 0 saturated carbocycles. The molecule has 0 fully saturated rings. The third kappa shape index (κ3) is 3.46. The van der Waals surface area contributed by atoms with Crippen molar-refractivity contribution in [2.24, 2.45) is 0 Å². The SMILES string of the molecule is CCOC(=O)c1c(NC(=O)N2CCOc3ccc(C)cc32)sc2c1CCCC2. The van der Waals surface area contributed by atoms with E-state index in [4.69, 9.17) is 9.47 Å². The summed E-state index contributed by atoms with van der Waals surface area (Å²) in [6.45, 7) is 4.99. The van der Waals surface area contributed by atoms with Crippen molar-refractivity contribution in [1.29, 1.82) is 0 Å². The summed E-state index contributed by atoms with van der Waals surface area (Å²) in [5.74, 6) is 0.346. The average molecular weight is 401 g/mol. The van der Waals surface area contributed by atoms with Crippen LogP contribution in [0.5, 0.6) is 5.75 Å². The zero-order valence-corrected chi connectivity index (χ0v) is 17.0. The molecule has 2 amide bonds. The molecule has 0 saturated heterocycles. The van der Waals surface area contributed by atoms with E-state index in [2.05, 4.69) is 5.32 Å². The molecule has 0 radical (unpaired) electrons. The summed E-state index contributed by atoms with van der Waals surface area (Å²) in [6.07, 6.45) is 3.97. The number of hydrogen-bond acceptors (Lipinski definition) is 5. The number of benzene rings is 1. The topological polar surface area (TPSA) is 67.9 Å². The van der Waals surface area contributed by atoms with E-state index in [1.165, 1.54) is 16.2 Å². The lowest BCUT2D eigenvalue weighted by atomic mass is 9.95. The van der Waals surface area contributed by atoms with E-state index < -0.39 is 0 Å². The molecule has 7 heteroatoms. The van der Waals surface area contributed by atoms with Gasteiger partial charge in [0.25, 0.3) is 0 Å². The first kappa shape index (κ1) is 18.8. The Kier molecular flexibility index (Phi) is 5.26. The van der Waals surface area contributed by atoms with Gasteiger partial charge in [-0.25, -0.2) is 9.59 Å². The fraction of sp³-hybridized carbons (Fsp3) is 0.429. The lowest BCUT2D eigenvalue weighted by molar-refractivity contribution is 0.0526. The second kappa shape index (κ2) is 7.83. The molecule has 2 heterocycles. The lowest BCUT2D eigenvalue weighted by Gasteiger charge is -2.29. The zero-order chi connectivity index (χ0) is 19.7. The summed E-state index contributed by atoms with van der Waals surface area (Å²) in [4.78, 5) is 28.6. The second-order valence-corrected chi connectivity index (χ2v) is 8.14. The highest BCUT2D eigenvalue weighted by Crippen LogP contribution is 2.39. The van der Waals surface area contributed by atoms with Crippen LogP contribution in [-0.4, -0.2) is 31.8 Å². The van der Waals surface area contributed by atoms with Gasteiger partial charge in [-0.1, -0.05) is 6.07 Å². The van der Waals surface area contributed by atoms with Gasteiger partial charge >= 0.3 is 12.0 Å². The van der Waals surface area contributed by atoms with E-state index in [1.54, 1.807) is 11.8 Å². The summed E-state index contributed by atoms with van der Waals surface area (Å²) in [6, 6.07) is 5.55. The number of fused-ring (bicyclic) bond motifs is 2. The fourth-order valence-corrected chi connectivity index (χ4v) is 5.04. The maximum atomic E-state index is 13.1. The van der Waals surface area contributed by atoms with E-state index >= 15 is 0 Å². The molecule has 2 aromatic rings. The van der Waals surface area contributed by atoms with Crippen molar-refractivity contribution in [3.05, 3.63) is 39.8 Å². The number of amides is 2. The third-order valence-electron chi connectivity index (χ3n) is 5.09. The quantitative estimate of drug-likeness (QED) is 0.768. The summed E-state index contributed by atoms with van der Waals surface area (Å²) in [5, 5.41) is 3.58. The number of rotatable bonds is 3. The van der Waals surface area contributed by atoms with E-state index in [0.717, 1.165) is 42.5 Å². The molecule has 1 aromatic carbocycles. The minimum atomic E-state index is -0.351. The second-order valence-electron chi connectivity index (χ2n) is 7.04. The Morgan fingerprint density at radius 1 is 1.29 bits per heavy atom. The van der Waals surface area contributed by atoms with Gasteiger partial charge in [-0.3, -0.25) is 10.2 Å². The molecular weight excluding hydrogens is 376 g/mol. The van der Waals surface area contributed by atoms with Crippen LogP contribution in [0.2, 0.25) is 0 Å². The van der Waals surface area contributed by atoms with Crippen LogP contribution in [0.4, 0.5) is 15.5 Å². The van der Waals surface area contributed by atoms with Crippen molar-refractivity contribution in [2.75, 3.05) is 30.0 Å². The number of hydrogen-bond donors (Lipinski definition) is 1.